The van der Waals surface area contributed by atoms with E-state index in [1.165, 1.54) is 0 Å². The van der Waals surface area contributed by atoms with Gasteiger partial charge in [-0.15, -0.1) is 0 Å². The average molecular weight is 280 g/mol. The minimum absolute atomic E-state index is 0.207. The Bertz CT molecular complexity index is 391. The van der Waals surface area contributed by atoms with Gasteiger partial charge in [0.1, 0.15) is 0 Å². The Balaban J connectivity index is 2.21. The fourth-order valence-electron chi connectivity index (χ4n) is 1.77. The Morgan fingerprint density at radius 2 is 1.95 bits per heavy atom. The highest BCUT2D eigenvalue weighted by Gasteiger charge is 2.03. The van der Waals surface area contributed by atoms with E-state index in [1.54, 1.807) is 38.3 Å². The van der Waals surface area contributed by atoms with Gasteiger partial charge < -0.3 is 20.5 Å². The van der Waals surface area contributed by atoms with Gasteiger partial charge in [-0.25, -0.2) is 4.79 Å². The number of benzene rings is 1. The SMILES string of the molecule is COCCCCCNC(=O)Nc1ccc(C(C)O)cc1. The number of anilines is 1. The van der Waals surface area contributed by atoms with Crippen molar-refractivity contribution in [3.05, 3.63) is 29.8 Å². The molecule has 3 N–H and O–H groups in total. The smallest absolute Gasteiger partial charge is 0.319 e. The summed E-state index contributed by atoms with van der Waals surface area (Å²) in [5.41, 5.74) is 1.54. The fourth-order valence-corrected chi connectivity index (χ4v) is 1.77. The van der Waals surface area contributed by atoms with Gasteiger partial charge in [0.15, 0.2) is 0 Å². The highest BCUT2D eigenvalue weighted by molar-refractivity contribution is 5.89. The predicted molar refractivity (Wildman–Crippen MR) is 79.8 cm³/mol. The lowest BCUT2D eigenvalue weighted by Crippen LogP contribution is -2.29. The molecule has 0 saturated heterocycles. The first-order valence-electron chi connectivity index (χ1n) is 6.95. The molecule has 0 bridgehead atoms. The maximum absolute atomic E-state index is 11.6. The quantitative estimate of drug-likeness (QED) is 0.641. The van der Waals surface area contributed by atoms with E-state index in [1.807, 2.05) is 0 Å². The van der Waals surface area contributed by atoms with E-state index in [0.29, 0.717) is 12.2 Å². The van der Waals surface area contributed by atoms with Crippen LogP contribution >= 0.6 is 0 Å². The molecule has 0 fully saturated rings. The number of aliphatic hydroxyl groups is 1. The summed E-state index contributed by atoms with van der Waals surface area (Å²) in [6, 6.07) is 6.94. The normalized spacial score (nSPS) is 11.9. The second-order valence-electron chi connectivity index (χ2n) is 4.73. The highest BCUT2D eigenvalue weighted by Crippen LogP contribution is 2.15. The number of ether oxygens (including phenoxy) is 1. The Labute approximate surface area is 120 Å². The molecule has 5 heteroatoms. The van der Waals surface area contributed by atoms with Crippen LogP contribution in [0.15, 0.2) is 24.3 Å². The highest BCUT2D eigenvalue weighted by atomic mass is 16.5. The Morgan fingerprint density at radius 1 is 1.25 bits per heavy atom. The van der Waals surface area contributed by atoms with Crippen LogP contribution in [-0.4, -0.2) is 31.4 Å². The van der Waals surface area contributed by atoms with Crippen molar-refractivity contribution in [1.29, 1.82) is 0 Å². The molecule has 0 aliphatic carbocycles. The second-order valence-corrected chi connectivity index (χ2v) is 4.73. The third kappa shape index (κ3) is 6.54. The molecule has 0 aromatic heterocycles. The van der Waals surface area contributed by atoms with Gasteiger partial charge in [0.05, 0.1) is 6.10 Å². The van der Waals surface area contributed by atoms with Crippen molar-refractivity contribution in [1.82, 2.24) is 5.32 Å². The average Bonchev–Trinajstić information content (AvgIpc) is 2.43. The lowest BCUT2D eigenvalue weighted by Gasteiger charge is -2.09. The van der Waals surface area contributed by atoms with E-state index in [-0.39, 0.29) is 6.03 Å². The van der Waals surface area contributed by atoms with Gasteiger partial charge in [0, 0.05) is 25.9 Å². The van der Waals surface area contributed by atoms with Gasteiger partial charge in [-0.1, -0.05) is 12.1 Å². The van der Waals surface area contributed by atoms with E-state index in [2.05, 4.69) is 10.6 Å². The molecular weight excluding hydrogens is 256 g/mol. The standard InChI is InChI=1S/C15H24N2O3/c1-12(18)13-6-8-14(9-7-13)17-15(19)16-10-4-3-5-11-20-2/h6-9,12,18H,3-5,10-11H2,1-2H3,(H2,16,17,19). The number of hydrogen-bond donors (Lipinski definition) is 3. The molecule has 5 nitrogen and oxygen atoms in total. The van der Waals surface area contributed by atoms with Crippen LogP contribution in [-0.2, 0) is 4.74 Å². The van der Waals surface area contributed by atoms with Crippen molar-refractivity contribution in [2.24, 2.45) is 0 Å². The fraction of sp³-hybridized carbons (Fsp3) is 0.533. The molecule has 0 aliphatic heterocycles. The molecule has 20 heavy (non-hydrogen) atoms. The zero-order valence-electron chi connectivity index (χ0n) is 12.2. The molecular formula is C15H24N2O3. The second kappa shape index (κ2) is 9.34. The first kappa shape index (κ1) is 16.5. The molecule has 0 heterocycles. The Hall–Kier alpha value is -1.59. The summed E-state index contributed by atoms with van der Waals surface area (Å²) in [4.78, 5) is 11.6. The minimum Gasteiger partial charge on any atom is -0.389 e. The van der Waals surface area contributed by atoms with Crippen LogP contribution < -0.4 is 10.6 Å². The van der Waals surface area contributed by atoms with Crippen molar-refractivity contribution < 1.29 is 14.6 Å². The zero-order chi connectivity index (χ0) is 14.8. The van der Waals surface area contributed by atoms with Crippen molar-refractivity contribution in [2.75, 3.05) is 25.6 Å². The van der Waals surface area contributed by atoms with Gasteiger partial charge in [-0.3, -0.25) is 0 Å². The number of nitrogens with one attached hydrogen (secondary N) is 2. The monoisotopic (exact) mass is 280 g/mol. The maximum atomic E-state index is 11.6. The number of carbonyl (C=O) groups excluding carboxylic acids is 1. The number of aliphatic hydroxyl groups excluding tert-OH is 1. The largest absolute Gasteiger partial charge is 0.389 e. The summed E-state index contributed by atoms with van der Waals surface area (Å²) >= 11 is 0. The van der Waals surface area contributed by atoms with Gasteiger partial charge in [0.2, 0.25) is 0 Å². The van der Waals surface area contributed by atoms with Crippen LogP contribution in [0.4, 0.5) is 10.5 Å². The number of unbranched alkanes of at least 4 members (excludes halogenated alkanes) is 2. The van der Waals surface area contributed by atoms with Crippen molar-refractivity contribution in [3.8, 4) is 0 Å². The molecule has 112 valence electrons. The maximum Gasteiger partial charge on any atom is 0.319 e. The number of hydrogen-bond acceptors (Lipinski definition) is 3. The number of urea groups is 1. The van der Waals surface area contributed by atoms with Gasteiger partial charge >= 0.3 is 6.03 Å². The number of methoxy groups -OCH3 is 1. The van der Waals surface area contributed by atoms with E-state index in [4.69, 9.17) is 4.74 Å². The zero-order valence-corrected chi connectivity index (χ0v) is 12.2. The van der Waals surface area contributed by atoms with E-state index < -0.39 is 6.10 Å². The summed E-state index contributed by atoms with van der Waals surface area (Å²) in [6.07, 6.45) is 2.50. The van der Waals surface area contributed by atoms with E-state index in [9.17, 15) is 9.90 Å². The molecule has 1 rings (SSSR count). The summed E-state index contributed by atoms with van der Waals surface area (Å²) in [5.74, 6) is 0. The predicted octanol–water partition coefficient (Wildman–Crippen LogP) is 2.68. The number of rotatable bonds is 8. The lowest BCUT2D eigenvalue weighted by atomic mass is 10.1. The summed E-state index contributed by atoms with van der Waals surface area (Å²) in [7, 11) is 1.69. The Morgan fingerprint density at radius 3 is 2.55 bits per heavy atom. The molecule has 0 saturated carbocycles. The van der Waals surface area contributed by atoms with Crippen LogP contribution in [0.1, 0.15) is 37.9 Å². The topological polar surface area (TPSA) is 70.6 Å². The van der Waals surface area contributed by atoms with Crippen molar-refractivity contribution in [3.63, 3.8) is 0 Å². The number of amides is 2. The Kier molecular flexibility index (Phi) is 7.69. The van der Waals surface area contributed by atoms with Crippen LogP contribution in [0.3, 0.4) is 0 Å². The van der Waals surface area contributed by atoms with Gasteiger partial charge in [-0.05, 0) is 43.9 Å². The lowest BCUT2D eigenvalue weighted by molar-refractivity contribution is 0.192. The van der Waals surface area contributed by atoms with Crippen LogP contribution in [0.5, 0.6) is 0 Å². The van der Waals surface area contributed by atoms with E-state index >= 15 is 0 Å². The van der Waals surface area contributed by atoms with Crippen molar-refractivity contribution in [2.45, 2.75) is 32.3 Å². The minimum atomic E-state index is -0.495. The molecule has 0 aliphatic rings. The van der Waals surface area contributed by atoms with E-state index in [0.717, 1.165) is 31.4 Å². The summed E-state index contributed by atoms with van der Waals surface area (Å²) in [6.45, 7) is 3.13. The van der Waals surface area contributed by atoms with Crippen molar-refractivity contribution >= 4 is 11.7 Å². The van der Waals surface area contributed by atoms with Gasteiger partial charge in [-0.2, -0.15) is 0 Å². The molecule has 2 amide bonds. The summed E-state index contributed by atoms with van der Waals surface area (Å²) < 4.78 is 4.96. The van der Waals surface area contributed by atoms with Crippen LogP contribution in [0.25, 0.3) is 0 Å². The molecule has 0 radical (unpaired) electrons. The molecule has 0 spiro atoms. The van der Waals surface area contributed by atoms with Crippen LogP contribution in [0.2, 0.25) is 0 Å². The first-order chi connectivity index (χ1) is 9.63. The third-order valence-electron chi connectivity index (χ3n) is 2.96. The van der Waals surface area contributed by atoms with Crippen LogP contribution in [0, 0.1) is 0 Å². The number of carbonyl (C=O) groups is 1. The molecule has 1 aromatic carbocycles. The summed E-state index contributed by atoms with van der Waals surface area (Å²) in [5, 5.41) is 15.0. The molecule has 1 unspecified atom stereocenters. The molecule has 1 atom stereocenters. The first-order valence-corrected chi connectivity index (χ1v) is 6.95. The third-order valence-corrected chi connectivity index (χ3v) is 2.96. The van der Waals surface area contributed by atoms with Gasteiger partial charge in [0.25, 0.3) is 0 Å². The molecule has 1 aromatic rings.